The second kappa shape index (κ2) is 9.23. The topological polar surface area (TPSA) is 90.0 Å². The highest BCUT2D eigenvalue weighted by Crippen LogP contribution is 2.32. The predicted octanol–water partition coefficient (Wildman–Crippen LogP) is 3.72. The number of nitrogens with zero attached hydrogens (tertiary/aromatic N) is 1. The molecule has 1 heterocycles. The number of imide groups is 1. The lowest BCUT2D eigenvalue weighted by molar-refractivity contribution is -0.143. The highest BCUT2D eigenvalue weighted by molar-refractivity contribution is 14.1. The molecule has 3 rings (SSSR count). The lowest BCUT2D eigenvalue weighted by atomic mass is 10.2. The molecule has 0 aromatic heterocycles. The summed E-state index contributed by atoms with van der Waals surface area (Å²) in [6, 6.07) is 13.6. The summed E-state index contributed by atoms with van der Waals surface area (Å²) in [6.45, 7) is -0.425. The standard InChI is InChI=1S/C20H14INO6S/c1-27-17(23)11-22-18(24)16(29-20(22)26)10-12-6-8-13(9-7-12)28-19(25)14-4-2-3-5-15(14)21/h2-10H,11H2,1H3/b16-10-. The minimum atomic E-state index is -0.673. The maximum Gasteiger partial charge on any atom is 0.344 e. The molecule has 1 fully saturated rings. The van der Waals surface area contributed by atoms with Gasteiger partial charge in [-0.25, -0.2) is 4.79 Å². The Morgan fingerprint density at radius 1 is 1.10 bits per heavy atom. The van der Waals surface area contributed by atoms with Crippen LogP contribution in [0.4, 0.5) is 4.79 Å². The number of hydrogen-bond acceptors (Lipinski definition) is 7. The van der Waals surface area contributed by atoms with Gasteiger partial charge in [0, 0.05) is 3.57 Å². The largest absolute Gasteiger partial charge is 0.468 e. The van der Waals surface area contributed by atoms with Crippen molar-refractivity contribution in [2.45, 2.75) is 0 Å². The monoisotopic (exact) mass is 523 g/mol. The quantitative estimate of drug-likeness (QED) is 0.256. The third-order valence-electron chi connectivity index (χ3n) is 3.87. The smallest absolute Gasteiger partial charge is 0.344 e. The Hall–Kier alpha value is -2.66. The average molecular weight is 523 g/mol. The Morgan fingerprint density at radius 3 is 2.45 bits per heavy atom. The molecule has 2 aromatic carbocycles. The van der Waals surface area contributed by atoms with Crippen molar-refractivity contribution in [3.8, 4) is 5.75 Å². The predicted molar refractivity (Wildman–Crippen MR) is 115 cm³/mol. The van der Waals surface area contributed by atoms with E-state index in [0.717, 1.165) is 20.2 Å². The lowest BCUT2D eigenvalue weighted by Crippen LogP contribution is -2.34. The summed E-state index contributed by atoms with van der Waals surface area (Å²) in [4.78, 5) is 48.9. The van der Waals surface area contributed by atoms with E-state index in [0.29, 0.717) is 16.9 Å². The minimum Gasteiger partial charge on any atom is -0.468 e. The van der Waals surface area contributed by atoms with Crippen molar-refractivity contribution in [3.63, 3.8) is 0 Å². The highest BCUT2D eigenvalue weighted by Gasteiger charge is 2.36. The first kappa shape index (κ1) is 21.1. The molecule has 29 heavy (non-hydrogen) atoms. The van der Waals surface area contributed by atoms with E-state index in [9.17, 15) is 19.2 Å². The van der Waals surface area contributed by atoms with Crippen LogP contribution >= 0.6 is 34.4 Å². The molecule has 1 saturated heterocycles. The van der Waals surface area contributed by atoms with Gasteiger partial charge in [0.1, 0.15) is 12.3 Å². The molecule has 1 aliphatic rings. The van der Waals surface area contributed by atoms with Gasteiger partial charge in [0.25, 0.3) is 11.1 Å². The van der Waals surface area contributed by atoms with Crippen LogP contribution in [-0.4, -0.2) is 41.6 Å². The van der Waals surface area contributed by atoms with Gasteiger partial charge in [-0.3, -0.25) is 19.3 Å². The Bertz CT molecular complexity index is 1020. The van der Waals surface area contributed by atoms with E-state index < -0.39 is 29.6 Å². The van der Waals surface area contributed by atoms with E-state index in [4.69, 9.17) is 4.74 Å². The van der Waals surface area contributed by atoms with Crippen molar-refractivity contribution in [1.82, 2.24) is 4.90 Å². The second-order valence-electron chi connectivity index (χ2n) is 5.78. The van der Waals surface area contributed by atoms with Gasteiger partial charge < -0.3 is 9.47 Å². The zero-order chi connectivity index (χ0) is 21.0. The van der Waals surface area contributed by atoms with Gasteiger partial charge in [-0.1, -0.05) is 24.3 Å². The number of thioether (sulfide) groups is 1. The third-order valence-corrected chi connectivity index (χ3v) is 5.72. The molecule has 0 saturated carbocycles. The number of esters is 2. The van der Waals surface area contributed by atoms with Crippen molar-refractivity contribution in [2.75, 3.05) is 13.7 Å². The fourth-order valence-electron chi connectivity index (χ4n) is 2.40. The summed E-state index contributed by atoms with van der Waals surface area (Å²) < 4.78 is 10.6. The second-order valence-corrected chi connectivity index (χ2v) is 7.94. The Morgan fingerprint density at radius 2 is 1.79 bits per heavy atom. The molecular weight excluding hydrogens is 509 g/mol. The van der Waals surface area contributed by atoms with Gasteiger partial charge in [-0.05, 0) is 70.3 Å². The highest BCUT2D eigenvalue weighted by atomic mass is 127. The Labute approximate surface area is 184 Å². The van der Waals surface area contributed by atoms with Crippen molar-refractivity contribution in [2.24, 2.45) is 0 Å². The molecule has 0 bridgehead atoms. The van der Waals surface area contributed by atoms with E-state index in [-0.39, 0.29) is 4.91 Å². The summed E-state index contributed by atoms with van der Waals surface area (Å²) in [6.07, 6.45) is 1.54. The van der Waals surface area contributed by atoms with Crippen LogP contribution in [0.1, 0.15) is 15.9 Å². The van der Waals surface area contributed by atoms with E-state index in [1.54, 1.807) is 36.4 Å². The third kappa shape index (κ3) is 5.04. The molecule has 0 spiro atoms. The van der Waals surface area contributed by atoms with Crippen molar-refractivity contribution in [1.29, 1.82) is 0 Å². The Kier molecular flexibility index (Phi) is 6.70. The number of carbonyl (C=O) groups is 4. The molecule has 0 radical (unpaired) electrons. The number of methoxy groups -OCH3 is 1. The number of ether oxygens (including phenoxy) is 2. The van der Waals surface area contributed by atoms with Gasteiger partial charge in [0.2, 0.25) is 0 Å². The van der Waals surface area contributed by atoms with Gasteiger partial charge >= 0.3 is 11.9 Å². The SMILES string of the molecule is COC(=O)CN1C(=O)S/C(=C\c2ccc(OC(=O)c3ccccc3I)cc2)C1=O. The molecule has 7 nitrogen and oxygen atoms in total. The molecule has 2 amide bonds. The molecule has 2 aromatic rings. The normalized spacial score (nSPS) is 15.0. The number of rotatable bonds is 5. The van der Waals surface area contributed by atoms with E-state index >= 15 is 0 Å². The Balaban J connectivity index is 1.70. The summed E-state index contributed by atoms with van der Waals surface area (Å²) in [5, 5.41) is -0.533. The van der Waals surface area contributed by atoms with Crippen LogP contribution in [0.2, 0.25) is 0 Å². The van der Waals surface area contributed by atoms with Crippen LogP contribution in [0, 0.1) is 3.57 Å². The van der Waals surface area contributed by atoms with Crippen LogP contribution in [0.3, 0.4) is 0 Å². The van der Waals surface area contributed by atoms with Crippen LogP contribution < -0.4 is 4.74 Å². The first-order valence-electron chi connectivity index (χ1n) is 8.28. The van der Waals surface area contributed by atoms with Crippen LogP contribution in [-0.2, 0) is 14.3 Å². The molecule has 0 unspecified atom stereocenters. The van der Waals surface area contributed by atoms with Crippen molar-refractivity contribution in [3.05, 3.63) is 68.1 Å². The van der Waals surface area contributed by atoms with Gasteiger partial charge in [0.15, 0.2) is 0 Å². The maximum atomic E-state index is 12.3. The van der Waals surface area contributed by atoms with E-state index in [2.05, 4.69) is 27.3 Å². The van der Waals surface area contributed by atoms with Crippen molar-refractivity contribution < 1.29 is 28.7 Å². The average Bonchev–Trinajstić information content (AvgIpc) is 2.97. The van der Waals surface area contributed by atoms with E-state index in [1.807, 2.05) is 12.1 Å². The van der Waals surface area contributed by atoms with Crippen LogP contribution in [0.15, 0.2) is 53.4 Å². The lowest BCUT2D eigenvalue weighted by Gasteiger charge is -2.09. The molecule has 0 atom stereocenters. The fraction of sp³-hybridized carbons (Fsp3) is 0.100. The molecule has 9 heteroatoms. The zero-order valence-corrected chi connectivity index (χ0v) is 18.1. The van der Waals surface area contributed by atoms with Gasteiger partial charge in [-0.15, -0.1) is 0 Å². The summed E-state index contributed by atoms with van der Waals surface area (Å²) >= 11 is 2.81. The number of carbonyl (C=O) groups excluding carboxylic acids is 4. The zero-order valence-electron chi connectivity index (χ0n) is 15.1. The molecule has 148 valence electrons. The first-order chi connectivity index (χ1) is 13.9. The van der Waals surface area contributed by atoms with Gasteiger partial charge in [-0.2, -0.15) is 0 Å². The maximum absolute atomic E-state index is 12.3. The van der Waals surface area contributed by atoms with Crippen LogP contribution in [0.25, 0.3) is 6.08 Å². The molecule has 0 N–H and O–H groups in total. The fourth-order valence-corrected chi connectivity index (χ4v) is 3.85. The number of amides is 2. The number of benzene rings is 2. The summed E-state index contributed by atoms with van der Waals surface area (Å²) in [5.74, 6) is -1.34. The molecule has 0 aliphatic carbocycles. The number of halogens is 1. The van der Waals surface area contributed by atoms with Crippen molar-refractivity contribution >= 4 is 63.5 Å². The minimum absolute atomic E-state index is 0.197. The number of hydrogen-bond donors (Lipinski definition) is 0. The van der Waals surface area contributed by atoms with E-state index in [1.165, 1.54) is 13.2 Å². The molecule has 1 aliphatic heterocycles. The van der Waals surface area contributed by atoms with Crippen LogP contribution in [0.5, 0.6) is 5.75 Å². The molecular formula is C20H14INO6S. The summed E-state index contributed by atoms with van der Waals surface area (Å²) in [7, 11) is 1.18. The first-order valence-corrected chi connectivity index (χ1v) is 10.2. The summed E-state index contributed by atoms with van der Waals surface area (Å²) in [5.41, 5.74) is 1.11. The van der Waals surface area contributed by atoms with Gasteiger partial charge in [0.05, 0.1) is 17.6 Å².